The van der Waals surface area contributed by atoms with Gasteiger partial charge in [0.15, 0.2) is 0 Å². The minimum atomic E-state index is 0.673. The molecule has 0 amide bonds. The average molecular weight is 459 g/mol. The van der Waals surface area contributed by atoms with E-state index in [1.54, 1.807) is 0 Å². The molecule has 0 aliphatic heterocycles. The fourth-order valence-electron chi connectivity index (χ4n) is 3.68. The highest BCUT2D eigenvalue weighted by atomic mass is 16.5. The quantitative estimate of drug-likeness (QED) is 0.336. The Morgan fingerprint density at radius 1 is 0.588 bits per heavy atom. The summed E-state index contributed by atoms with van der Waals surface area (Å²) >= 11 is 0. The van der Waals surface area contributed by atoms with Crippen LogP contribution >= 0.6 is 0 Å². The molecule has 0 spiro atoms. The predicted molar refractivity (Wildman–Crippen MR) is 144 cm³/mol. The number of likely N-dealkylation sites (N-methyl/N-ethyl adjacent to an activating group) is 2. The summed E-state index contributed by atoms with van der Waals surface area (Å²) < 4.78 is 11.8. The number of rotatable bonds is 11. The van der Waals surface area contributed by atoms with Crippen molar-refractivity contribution in [2.24, 2.45) is 0 Å². The van der Waals surface area contributed by atoms with E-state index in [0.717, 1.165) is 24.6 Å². The van der Waals surface area contributed by atoms with E-state index in [1.807, 2.05) is 0 Å². The van der Waals surface area contributed by atoms with Gasteiger partial charge in [-0.2, -0.15) is 0 Å². The fourth-order valence-corrected chi connectivity index (χ4v) is 3.68. The summed E-state index contributed by atoms with van der Waals surface area (Å²) in [5.74, 6) is 1.78. The van der Waals surface area contributed by atoms with Gasteiger partial charge in [0.25, 0.3) is 0 Å². The number of aryl methyl sites for hydroxylation is 1. The summed E-state index contributed by atoms with van der Waals surface area (Å²) in [6, 6.07) is 25.6. The van der Waals surface area contributed by atoms with Crippen molar-refractivity contribution in [2.75, 3.05) is 54.5 Å². The van der Waals surface area contributed by atoms with Crippen LogP contribution < -0.4 is 9.47 Å². The number of benzene rings is 3. The molecule has 0 heterocycles. The third kappa shape index (κ3) is 7.47. The lowest BCUT2D eigenvalue weighted by Crippen LogP contribution is -2.19. The Morgan fingerprint density at radius 2 is 0.971 bits per heavy atom. The molecular formula is C30H38N2O2. The molecule has 0 fully saturated rings. The topological polar surface area (TPSA) is 24.9 Å². The molecule has 3 rings (SSSR count). The van der Waals surface area contributed by atoms with Crippen LogP contribution in [0.15, 0.2) is 72.8 Å². The second-order valence-corrected chi connectivity index (χ2v) is 9.22. The Bertz CT molecular complexity index is 991. The molecular weight excluding hydrogens is 420 g/mol. The molecule has 0 aliphatic rings. The first-order valence-electron chi connectivity index (χ1n) is 11.9. The van der Waals surface area contributed by atoms with Crippen LogP contribution in [0.25, 0.3) is 11.1 Å². The highest BCUT2D eigenvalue weighted by Crippen LogP contribution is 2.34. The molecule has 0 saturated carbocycles. The number of ether oxygens (including phenoxy) is 2. The van der Waals surface area contributed by atoms with Crippen molar-refractivity contribution in [3.05, 3.63) is 95.1 Å². The van der Waals surface area contributed by atoms with Crippen molar-refractivity contribution >= 4 is 11.1 Å². The Hall–Kier alpha value is -3.08. The number of hydrogen-bond acceptors (Lipinski definition) is 4. The first kappa shape index (κ1) is 25.5. The van der Waals surface area contributed by atoms with Gasteiger partial charge < -0.3 is 19.3 Å². The van der Waals surface area contributed by atoms with Gasteiger partial charge in [-0.05, 0) is 94.1 Å². The summed E-state index contributed by atoms with van der Waals surface area (Å²) in [7, 11) is 8.21. The van der Waals surface area contributed by atoms with Crippen molar-refractivity contribution in [1.82, 2.24) is 9.80 Å². The van der Waals surface area contributed by atoms with E-state index in [9.17, 15) is 0 Å². The molecule has 3 aromatic carbocycles. The zero-order chi connectivity index (χ0) is 24.5. The summed E-state index contributed by atoms with van der Waals surface area (Å²) in [6.45, 7) is 7.45. The molecule has 4 heteroatoms. The van der Waals surface area contributed by atoms with Gasteiger partial charge in [-0.25, -0.2) is 0 Å². The maximum absolute atomic E-state index is 5.91. The molecule has 0 aromatic heterocycles. The Balaban J connectivity index is 1.90. The van der Waals surface area contributed by atoms with Crippen molar-refractivity contribution in [3.63, 3.8) is 0 Å². The summed E-state index contributed by atoms with van der Waals surface area (Å²) in [4.78, 5) is 4.24. The molecule has 4 nitrogen and oxygen atoms in total. The highest BCUT2D eigenvalue weighted by Gasteiger charge is 2.12. The lowest BCUT2D eigenvalue weighted by molar-refractivity contribution is 0.261. The van der Waals surface area contributed by atoms with E-state index in [2.05, 4.69) is 125 Å². The third-order valence-electron chi connectivity index (χ3n) is 5.76. The van der Waals surface area contributed by atoms with Gasteiger partial charge in [0.1, 0.15) is 24.7 Å². The molecule has 34 heavy (non-hydrogen) atoms. The fraction of sp³-hybridized carbons (Fsp3) is 0.333. The maximum atomic E-state index is 5.91. The van der Waals surface area contributed by atoms with Crippen LogP contribution in [0.4, 0.5) is 0 Å². The number of nitrogens with zero attached hydrogens (tertiary/aromatic N) is 2. The lowest BCUT2D eigenvalue weighted by Gasteiger charge is -2.16. The van der Waals surface area contributed by atoms with Crippen LogP contribution in [0.2, 0.25) is 0 Å². The monoisotopic (exact) mass is 458 g/mol. The summed E-state index contributed by atoms with van der Waals surface area (Å²) in [6.07, 6.45) is 0. The third-order valence-corrected chi connectivity index (χ3v) is 5.76. The number of allylic oxidation sites excluding steroid dienone is 1. The van der Waals surface area contributed by atoms with E-state index in [0.29, 0.717) is 13.2 Å². The molecule has 0 unspecified atom stereocenters. The average Bonchev–Trinajstić information content (AvgIpc) is 2.81. The van der Waals surface area contributed by atoms with Gasteiger partial charge in [0.05, 0.1) is 0 Å². The zero-order valence-electron chi connectivity index (χ0n) is 21.5. The van der Waals surface area contributed by atoms with Crippen LogP contribution in [-0.4, -0.2) is 64.3 Å². The summed E-state index contributed by atoms with van der Waals surface area (Å²) in [5.41, 5.74) is 7.26. The molecule has 0 saturated heterocycles. The normalized spacial score (nSPS) is 11.1. The molecule has 0 radical (unpaired) electrons. The molecule has 0 atom stereocenters. The molecule has 180 valence electrons. The van der Waals surface area contributed by atoms with E-state index in [4.69, 9.17) is 9.47 Å². The van der Waals surface area contributed by atoms with Crippen LogP contribution in [0.1, 0.15) is 29.2 Å². The molecule has 3 aromatic rings. The minimum Gasteiger partial charge on any atom is -0.492 e. The second kappa shape index (κ2) is 12.4. The van der Waals surface area contributed by atoms with E-state index in [1.165, 1.54) is 33.4 Å². The first-order chi connectivity index (χ1) is 16.3. The van der Waals surface area contributed by atoms with Crippen molar-refractivity contribution in [2.45, 2.75) is 13.8 Å². The second-order valence-electron chi connectivity index (χ2n) is 9.22. The largest absolute Gasteiger partial charge is 0.492 e. The van der Waals surface area contributed by atoms with Gasteiger partial charge in [-0.1, -0.05) is 54.1 Å². The Kier molecular flexibility index (Phi) is 9.32. The SMILES string of the molecule is CC(=C(c1ccc(OCCN(C)C)cc1)c1ccc(OCCN(C)C)cc1)c1ccc(C)cc1. The standard InChI is InChI=1S/C30H38N2O2/c1-23-7-9-25(10-8-23)24(2)30(26-11-15-28(16-12-26)33-21-19-31(3)4)27-13-17-29(18-14-27)34-22-20-32(5)6/h7-18H,19-22H2,1-6H3. The van der Waals surface area contributed by atoms with Crippen molar-refractivity contribution in [3.8, 4) is 11.5 Å². The maximum Gasteiger partial charge on any atom is 0.119 e. The van der Waals surface area contributed by atoms with E-state index < -0.39 is 0 Å². The van der Waals surface area contributed by atoms with Gasteiger partial charge in [0.2, 0.25) is 0 Å². The Labute approximate surface area is 205 Å². The van der Waals surface area contributed by atoms with Gasteiger partial charge in [-0.3, -0.25) is 0 Å². The number of hydrogen-bond donors (Lipinski definition) is 0. The van der Waals surface area contributed by atoms with E-state index in [-0.39, 0.29) is 0 Å². The predicted octanol–water partition coefficient (Wildman–Crippen LogP) is 5.85. The van der Waals surface area contributed by atoms with Gasteiger partial charge in [-0.15, -0.1) is 0 Å². The van der Waals surface area contributed by atoms with Crippen molar-refractivity contribution in [1.29, 1.82) is 0 Å². The van der Waals surface area contributed by atoms with Crippen molar-refractivity contribution < 1.29 is 9.47 Å². The zero-order valence-corrected chi connectivity index (χ0v) is 21.5. The molecule has 0 N–H and O–H groups in total. The summed E-state index contributed by atoms with van der Waals surface area (Å²) in [5, 5.41) is 0. The van der Waals surface area contributed by atoms with Crippen LogP contribution in [0.5, 0.6) is 11.5 Å². The first-order valence-corrected chi connectivity index (χ1v) is 11.9. The Morgan fingerprint density at radius 3 is 1.35 bits per heavy atom. The highest BCUT2D eigenvalue weighted by molar-refractivity contribution is 5.98. The molecule has 0 bridgehead atoms. The van der Waals surface area contributed by atoms with Gasteiger partial charge in [0, 0.05) is 13.1 Å². The lowest BCUT2D eigenvalue weighted by atomic mass is 9.90. The minimum absolute atomic E-state index is 0.673. The molecule has 0 aliphatic carbocycles. The van der Waals surface area contributed by atoms with E-state index >= 15 is 0 Å². The van der Waals surface area contributed by atoms with Crippen LogP contribution in [0.3, 0.4) is 0 Å². The smallest absolute Gasteiger partial charge is 0.119 e. The van der Waals surface area contributed by atoms with Gasteiger partial charge >= 0.3 is 0 Å². The van der Waals surface area contributed by atoms with Crippen LogP contribution in [0, 0.1) is 6.92 Å². The van der Waals surface area contributed by atoms with Crippen LogP contribution in [-0.2, 0) is 0 Å².